The highest BCUT2D eigenvalue weighted by molar-refractivity contribution is 7.80. The Labute approximate surface area is 197 Å². The summed E-state index contributed by atoms with van der Waals surface area (Å²) in [6, 6.07) is 19.5. The van der Waals surface area contributed by atoms with Crippen LogP contribution in [-0.4, -0.2) is 35.6 Å². The van der Waals surface area contributed by atoms with Gasteiger partial charge in [0.05, 0.1) is 23.8 Å². The van der Waals surface area contributed by atoms with E-state index < -0.39 is 18.0 Å². The van der Waals surface area contributed by atoms with E-state index in [1.54, 1.807) is 49.2 Å². The van der Waals surface area contributed by atoms with Gasteiger partial charge in [-0.15, -0.1) is 0 Å². The number of nitrogens with zero attached hydrogens (tertiary/aromatic N) is 1. The maximum atomic E-state index is 13.0. The van der Waals surface area contributed by atoms with Gasteiger partial charge in [0.25, 0.3) is 0 Å². The van der Waals surface area contributed by atoms with E-state index in [2.05, 4.69) is 5.32 Å². The predicted molar refractivity (Wildman–Crippen MR) is 131 cm³/mol. The van der Waals surface area contributed by atoms with Gasteiger partial charge in [0.15, 0.2) is 5.11 Å². The molecule has 0 fully saturated rings. The van der Waals surface area contributed by atoms with E-state index in [1.807, 2.05) is 43.3 Å². The number of carbonyl (C=O) groups is 2. The summed E-state index contributed by atoms with van der Waals surface area (Å²) in [5.74, 6) is -0.585. The summed E-state index contributed by atoms with van der Waals surface area (Å²) in [5.41, 5.74) is 2.17. The van der Waals surface area contributed by atoms with Gasteiger partial charge in [-0.3, -0.25) is 0 Å². The minimum Gasteiger partial charge on any atom is -0.463 e. The van der Waals surface area contributed by atoms with E-state index in [-0.39, 0.29) is 6.61 Å². The number of carbonyl (C=O) groups excluding carboxylic acids is 2. The van der Waals surface area contributed by atoms with Crippen molar-refractivity contribution in [2.24, 2.45) is 0 Å². The number of fused-ring (bicyclic) bond motifs is 1. The molecule has 1 aliphatic rings. The third-order valence-corrected chi connectivity index (χ3v) is 6.07. The fraction of sp³-hybridized carbons (Fsp3) is 0.192. The summed E-state index contributed by atoms with van der Waals surface area (Å²) in [5, 5.41) is 5.50. The van der Waals surface area contributed by atoms with Gasteiger partial charge in [-0.25, -0.2) is 9.59 Å². The second-order valence-corrected chi connectivity index (χ2v) is 8.00. The molecule has 6 nitrogen and oxygen atoms in total. The Hall–Kier alpha value is -3.71. The van der Waals surface area contributed by atoms with Crippen LogP contribution in [0.5, 0.6) is 5.75 Å². The van der Waals surface area contributed by atoms with E-state index >= 15 is 0 Å². The lowest BCUT2D eigenvalue weighted by Crippen LogP contribution is -2.46. The molecule has 1 N–H and O–H groups in total. The quantitative estimate of drug-likeness (QED) is 0.335. The highest BCUT2D eigenvalue weighted by Gasteiger charge is 2.36. The lowest BCUT2D eigenvalue weighted by molar-refractivity contribution is -0.139. The Balaban J connectivity index is 1.90. The normalized spacial score (nSPS) is 15.9. The molecule has 0 saturated heterocycles. The van der Waals surface area contributed by atoms with Crippen molar-refractivity contribution in [3.63, 3.8) is 0 Å². The summed E-state index contributed by atoms with van der Waals surface area (Å²) in [7, 11) is 1.79. The van der Waals surface area contributed by atoms with E-state index in [0.717, 1.165) is 10.8 Å². The first-order valence-corrected chi connectivity index (χ1v) is 11.0. The first-order chi connectivity index (χ1) is 15.9. The van der Waals surface area contributed by atoms with Crippen molar-refractivity contribution in [2.45, 2.75) is 19.9 Å². The molecule has 3 aromatic carbocycles. The largest absolute Gasteiger partial charge is 0.463 e. The van der Waals surface area contributed by atoms with Crippen LogP contribution < -0.4 is 10.1 Å². The fourth-order valence-corrected chi connectivity index (χ4v) is 4.18. The molecule has 0 saturated carbocycles. The summed E-state index contributed by atoms with van der Waals surface area (Å²) in [4.78, 5) is 27.7. The van der Waals surface area contributed by atoms with Crippen LogP contribution in [-0.2, 0) is 9.53 Å². The Morgan fingerprint density at radius 3 is 2.42 bits per heavy atom. The maximum Gasteiger partial charge on any atom is 0.343 e. The van der Waals surface area contributed by atoms with Crippen molar-refractivity contribution in [1.82, 2.24) is 10.2 Å². The lowest BCUT2D eigenvalue weighted by Gasteiger charge is -2.36. The standard InChI is InChI=1S/C26H24N2O4S/c1-4-31-25(30)21-16(2)28(3)26(33)27-23(21)22-19-13-9-8-10-17(19)14-15-20(22)32-24(29)18-11-6-5-7-12-18/h5-15,23H,4H2,1-3H3,(H,27,33)/t23-/m0/s1. The minimum absolute atomic E-state index is 0.238. The first-order valence-electron chi connectivity index (χ1n) is 10.6. The Bertz CT molecular complexity index is 1270. The summed E-state index contributed by atoms with van der Waals surface area (Å²) >= 11 is 5.54. The van der Waals surface area contributed by atoms with Gasteiger partial charge in [0.2, 0.25) is 0 Å². The third-order valence-electron chi connectivity index (χ3n) is 5.68. The second kappa shape index (κ2) is 9.42. The number of hydrogen-bond donors (Lipinski definition) is 1. The molecule has 7 heteroatoms. The minimum atomic E-state index is -0.655. The van der Waals surface area contributed by atoms with Gasteiger partial charge >= 0.3 is 11.9 Å². The molecule has 0 spiro atoms. The molecule has 1 heterocycles. The Morgan fingerprint density at radius 1 is 1.00 bits per heavy atom. The first kappa shape index (κ1) is 22.5. The van der Waals surface area contributed by atoms with Crippen LogP contribution in [0.2, 0.25) is 0 Å². The molecule has 0 aromatic heterocycles. The van der Waals surface area contributed by atoms with E-state index in [4.69, 9.17) is 21.7 Å². The van der Waals surface area contributed by atoms with Gasteiger partial charge in [0.1, 0.15) is 5.75 Å². The molecule has 0 amide bonds. The smallest absolute Gasteiger partial charge is 0.343 e. The van der Waals surface area contributed by atoms with Crippen LogP contribution in [0.3, 0.4) is 0 Å². The summed E-state index contributed by atoms with van der Waals surface area (Å²) in [6.45, 7) is 3.83. The number of thiocarbonyl (C=S) groups is 1. The number of ether oxygens (including phenoxy) is 2. The van der Waals surface area contributed by atoms with Crippen LogP contribution in [0.15, 0.2) is 78.0 Å². The average molecular weight is 461 g/mol. The molecule has 1 atom stereocenters. The number of nitrogens with one attached hydrogen (secondary N) is 1. The predicted octanol–water partition coefficient (Wildman–Crippen LogP) is 4.76. The van der Waals surface area contributed by atoms with Crippen LogP contribution in [0.1, 0.15) is 35.8 Å². The molecular weight excluding hydrogens is 436 g/mol. The van der Waals surface area contributed by atoms with Crippen molar-refractivity contribution < 1.29 is 19.1 Å². The van der Waals surface area contributed by atoms with Crippen LogP contribution in [0.4, 0.5) is 0 Å². The van der Waals surface area contributed by atoms with Crippen LogP contribution in [0.25, 0.3) is 10.8 Å². The Kier molecular flexibility index (Phi) is 6.42. The molecule has 1 aliphatic heterocycles. The SMILES string of the molecule is CCOC(=O)C1=C(C)N(C)C(=S)N[C@@H]1c1c(OC(=O)c2ccccc2)ccc2ccccc12. The van der Waals surface area contributed by atoms with Crippen molar-refractivity contribution in [3.8, 4) is 5.75 Å². The molecule has 33 heavy (non-hydrogen) atoms. The van der Waals surface area contributed by atoms with Crippen LogP contribution >= 0.6 is 12.2 Å². The molecular formula is C26H24N2O4S. The molecule has 0 bridgehead atoms. The average Bonchev–Trinajstić information content (AvgIpc) is 2.83. The van der Waals surface area contributed by atoms with Crippen molar-refractivity contribution >= 4 is 40.0 Å². The van der Waals surface area contributed by atoms with Gasteiger partial charge in [0, 0.05) is 18.3 Å². The zero-order valence-corrected chi connectivity index (χ0v) is 19.4. The van der Waals surface area contributed by atoms with Crippen molar-refractivity contribution in [3.05, 3.63) is 89.1 Å². The van der Waals surface area contributed by atoms with E-state index in [1.165, 1.54) is 0 Å². The number of rotatable bonds is 5. The summed E-state index contributed by atoms with van der Waals surface area (Å²) in [6.07, 6.45) is 0. The molecule has 3 aromatic rings. The number of allylic oxidation sites excluding steroid dienone is 1. The highest BCUT2D eigenvalue weighted by Crippen LogP contribution is 2.40. The molecule has 0 radical (unpaired) electrons. The van der Waals surface area contributed by atoms with Gasteiger partial charge < -0.3 is 19.7 Å². The lowest BCUT2D eigenvalue weighted by atomic mass is 9.90. The molecule has 0 unspecified atom stereocenters. The van der Waals surface area contributed by atoms with Crippen LogP contribution in [0, 0.1) is 0 Å². The zero-order chi connectivity index (χ0) is 23.5. The third kappa shape index (κ3) is 4.32. The monoisotopic (exact) mass is 460 g/mol. The zero-order valence-electron chi connectivity index (χ0n) is 18.6. The van der Waals surface area contributed by atoms with Crippen molar-refractivity contribution in [2.75, 3.05) is 13.7 Å². The van der Waals surface area contributed by atoms with Gasteiger partial charge in [-0.2, -0.15) is 0 Å². The van der Waals surface area contributed by atoms with Gasteiger partial charge in [-0.1, -0.05) is 48.5 Å². The molecule has 0 aliphatic carbocycles. The second-order valence-electron chi connectivity index (χ2n) is 7.62. The van der Waals surface area contributed by atoms with E-state index in [9.17, 15) is 9.59 Å². The Morgan fingerprint density at radius 2 is 1.70 bits per heavy atom. The van der Waals surface area contributed by atoms with Crippen molar-refractivity contribution in [1.29, 1.82) is 0 Å². The molecule has 168 valence electrons. The summed E-state index contributed by atoms with van der Waals surface area (Å²) < 4.78 is 11.2. The van der Waals surface area contributed by atoms with Gasteiger partial charge in [-0.05, 0) is 55.0 Å². The molecule has 4 rings (SSSR count). The number of hydrogen-bond acceptors (Lipinski definition) is 5. The number of benzene rings is 3. The topological polar surface area (TPSA) is 67.9 Å². The highest BCUT2D eigenvalue weighted by atomic mass is 32.1. The van der Waals surface area contributed by atoms with E-state index in [0.29, 0.717) is 33.3 Å². The fourth-order valence-electron chi connectivity index (χ4n) is 3.92. The maximum absolute atomic E-state index is 13.0. The number of esters is 2.